The van der Waals surface area contributed by atoms with Crippen molar-refractivity contribution in [2.24, 2.45) is 5.92 Å². The highest BCUT2D eigenvalue weighted by Crippen LogP contribution is 2.21. The summed E-state index contributed by atoms with van der Waals surface area (Å²) >= 11 is 0. The molecule has 0 saturated carbocycles. The van der Waals surface area contributed by atoms with Crippen LogP contribution in [0.25, 0.3) is 0 Å². The highest BCUT2D eigenvalue weighted by molar-refractivity contribution is 4.93. The van der Waals surface area contributed by atoms with Gasteiger partial charge in [0.15, 0.2) is 0 Å². The molecule has 1 heterocycles. The van der Waals surface area contributed by atoms with Crippen molar-refractivity contribution in [2.45, 2.75) is 65.0 Å². The maximum Gasteiger partial charge on any atom is 0.108 e. The molecule has 0 spiro atoms. The second kappa shape index (κ2) is 8.50. The molecule has 0 radical (unpaired) electrons. The first kappa shape index (κ1) is 15.5. The third-order valence-corrected chi connectivity index (χ3v) is 3.77. The van der Waals surface area contributed by atoms with E-state index in [9.17, 15) is 5.26 Å². The summed E-state index contributed by atoms with van der Waals surface area (Å²) in [5, 5.41) is 12.5. The standard InChI is InChI=1S/C15H29N3/c1-4-6-14-7-5-9-18(10-8-14)12-15(11-16)17-13(2)3/h13-15,17H,4-10,12H2,1-3H3. The average Bonchev–Trinajstić information content (AvgIpc) is 2.54. The van der Waals surface area contributed by atoms with Gasteiger partial charge in [0, 0.05) is 12.6 Å². The quantitative estimate of drug-likeness (QED) is 0.789. The smallest absolute Gasteiger partial charge is 0.108 e. The van der Waals surface area contributed by atoms with E-state index in [4.69, 9.17) is 0 Å². The van der Waals surface area contributed by atoms with E-state index in [1.54, 1.807) is 0 Å². The topological polar surface area (TPSA) is 39.1 Å². The lowest BCUT2D eigenvalue weighted by molar-refractivity contribution is 0.258. The lowest BCUT2D eigenvalue weighted by atomic mass is 9.96. The molecule has 0 amide bonds. The van der Waals surface area contributed by atoms with Crippen LogP contribution >= 0.6 is 0 Å². The van der Waals surface area contributed by atoms with Crippen molar-refractivity contribution < 1.29 is 0 Å². The van der Waals surface area contributed by atoms with E-state index in [-0.39, 0.29) is 6.04 Å². The fraction of sp³-hybridized carbons (Fsp3) is 0.933. The zero-order valence-electron chi connectivity index (χ0n) is 12.3. The Balaban J connectivity index is 2.36. The maximum absolute atomic E-state index is 9.17. The average molecular weight is 251 g/mol. The Morgan fingerprint density at radius 1 is 1.33 bits per heavy atom. The molecule has 18 heavy (non-hydrogen) atoms. The van der Waals surface area contributed by atoms with Crippen LogP contribution in [-0.4, -0.2) is 36.6 Å². The molecule has 1 aliphatic rings. The van der Waals surface area contributed by atoms with Gasteiger partial charge in [-0.1, -0.05) is 19.8 Å². The number of rotatable bonds is 6. The fourth-order valence-corrected chi connectivity index (χ4v) is 2.90. The van der Waals surface area contributed by atoms with Gasteiger partial charge in [0.1, 0.15) is 6.04 Å². The molecule has 0 aromatic heterocycles. The van der Waals surface area contributed by atoms with Gasteiger partial charge in [-0.05, 0) is 52.1 Å². The minimum absolute atomic E-state index is 0.0206. The Bertz CT molecular complexity index is 257. The molecular weight excluding hydrogens is 222 g/mol. The van der Waals surface area contributed by atoms with Crippen LogP contribution in [0.15, 0.2) is 0 Å². The second-order valence-corrected chi connectivity index (χ2v) is 5.89. The molecule has 1 saturated heterocycles. The molecule has 0 bridgehead atoms. The van der Waals surface area contributed by atoms with E-state index in [0.717, 1.165) is 19.0 Å². The van der Waals surface area contributed by atoms with Crippen molar-refractivity contribution in [1.29, 1.82) is 5.26 Å². The van der Waals surface area contributed by atoms with E-state index in [0.29, 0.717) is 6.04 Å². The largest absolute Gasteiger partial charge is 0.301 e. The van der Waals surface area contributed by atoms with Gasteiger partial charge in [0.2, 0.25) is 0 Å². The van der Waals surface area contributed by atoms with Crippen LogP contribution in [0.4, 0.5) is 0 Å². The Labute approximate surface area is 113 Å². The van der Waals surface area contributed by atoms with Crippen molar-refractivity contribution in [3.05, 3.63) is 0 Å². The van der Waals surface area contributed by atoms with Crippen LogP contribution in [0.3, 0.4) is 0 Å². The lowest BCUT2D eigenvalue weighted by Crippen LogP contribution is -2.43. The van der Waals surface area contributed by atoms with Gasteiger partial charge in [0.25, 0.3) is 0 Å². The number of nitriles is 1. The highest BCUT2D eigenvalue weighted by Gasteiger charge is 2.19. The summed E-state index contributed by atoms with van der Waals surface area (Å²) in [5.41, 5.74) is 0. The maximum atomic E-state index is 9.17. The highest BCUT2D eigenvalue weighted by atomic mass is 15.1. The van der Waals surface area contributed by atoms with Gasteiger partial charge < -0.3 is 4.90 Å². The molecule has 0 aromatic rings. The molecule has 3 nitrogen and oxygen atoms in total. The molecule has 1 rings (SSSR count). The monoisotopic (exact) mass is 251 g/mol. The van der Waals surface area contributed by atoms with E-state index in [2.05, 4.69) is 37.1 Å². The molecule has 104 valence electrons. The lowest BCUT2D eigenvalue weighted by Gasteiger charge is -2.24. The van der Waals surface area contributed by atoms with Gasteiger partial charge in [0.05, 0.1) is 6.07 Å². The van der Waals surface area contributed by atoms with Crippen LogP contribution in [0.1, 0.15) is 52.9 Å². The van der Waals surface area contributed by atoms with Crippen molar-refractivity contribution >= 4 is 0 Å². The molecule has 1 fully saturated rings. The van der Waals surface area contributed by atoms with Crippen LogP contribution in [-0.2, 0) is 0 Å². The van der Waals surface area contributed by atoms with Crippen molar-refractivity contribution in [2.75, 3.05) is 19.6 Å². The van der Waals surface area contributed by atoms with Crippen LogP contribution in [0.5, 0.6) is 0 Å². The molecule has 2 unspecified atom stereocenters. The van der Waals surface area contributed by atoms with Crippen LogP contribution in [0.2, 0.25) is 0 Å². The minimum Gasteiger partial charge on any atom is -0.301 e. The Morgan fingerprint density at radius 2 is 2.11 bits per heavy atom. The van der Waals surface area contributed by atoms with Gasteiger partial charge in [-0.2, -0.15) is 5.26 Å². The second-order valence-electron chi connectivity index (χ2n) is 5.89. The van der Waals surface area contributed by atoms with Gasteiger partial charge in [-0.3, -0.25) is 5.32 Å². The number of hydrogen-bond acceptors (Lipinski definition) is 3. The number of hydrogen-bond donors (Lipinski definition) is 1. The first-order chi connectivity index (χ1) is 8.65. The van der Waals surface area contributed by atoms with Crippen molar-refractivity contribution in [3.8, 4) is 6.07 Å². The number of nitrogens with one attached hydrogen (secondary N) is 1. The summed E-state index contributed by atoms with van der Waals surface area (Å²) in [6.07, 6.45) is 6.66. The molecule has 0 aromatic carbocycles. The van der Waals surface area contributed by atoms with Crippen molar-refractivity contribution in [3.63, 3.8) is 0 Å². The van der Waals surface area contributed by atoms with Gasteiger partial charge >= 0.3 is 0 Å². The molecular formula is C15H29N3. The summed E-state index contributed by atoms with van der Waals surface area (Å²) in [6, 6.07) is 2.75. The fourth-order valence-electron chi connectivity index (χ4n) is 2.90. The summed E-state index contributed by atoms with van der Waals surface area (Å²) < 4.78 is 0. The predicted octanol–water partition coefficient (Wildman–Crippen LogP) is 2.78. The molecule has 3 heteroatoms. The van der Waals surface area contributed by atoms with Gasteiger partial charge in [-0.25, -0.2) is 0 Å². The third-order valence-electron chi connectivity index (χ3n) is 3.77. The van der Waals surface area contributed by atoms with Crippen LogP contribution in [0, 0.1) is 17.2 Å². The van der Waals surface area contributed by atoms with Gasteiger partial charge in [-0.15, -0.1) is 0 Å². The summed E-state index contributed by atoms with van der Waals surface area (Å²) in [5.74, 6) is 0.915. The van der Waals surface area contributed by atoms with E-state index < -0.39 is 0 Å². The molecule has 2 atom stereocenters. The Hall–Kier alpha value is -0.590. The van der Waals surface area contributed by atoms with E-state index in [1.165, 1.54) is 38.6 Å². The Morgan fingerprint density at radius 3 is 2.72 bits per heavy atom. The summed E-state index contributed by atoms with van der Waals surface area (Å²) in [4.78, 5) is 2.47. The van der Waals surface area contributed by atoms with Crippen molar-refractivity contribution in [1.82, 2.24) is 10.2 Å². The van der Waals surface area contributed by atoms with Crippen LogP contribution < -0.4 is 5.32 Å². The number of nitrogens with zero attached hydrogens (tertiary/aromatic N) is 2. The van der Waals surface area contributed by atoms with E-state index >= 15 is 0 Å². The molecule has 1 N–H and O–H groups in total. The molecule has 1 aliphatic heterocycles. The summed E-state index contributed by atoms with van der Waals surface area (Å²) in [6.45, 7) is 9.70. The zero-order valence-corrected chi connectivity index (χ0v) is 12.3. The Kier molecular flexibility index (Phi) is 7.31. The first-order valence-corrected chi connectivity index (χ1v) is 7.53. The predicted molar refractivity (Wildman–Crippen MR) is 76.4 cm³/mol. The van der Waals surface area contributed by atoms with E-state index in [1.807, 2.05) is 0 Å². The molecule has 0 aliphatic carbocycles. The summed E-state index contributed by atoms with van der Waals surface area (Å²) in [7, 11) is 0. The normalized spacial score (nSPS) is 23.6. The SMILES string of the molecule is CCCC1CCCN(CC(C#N)NC(C)C)CC1. The third kappa shape index (κ3) is 5.84. The number of likely N-dealkylation sites (tertiary alicyclic amines) is 1. The minimum atomic E-state index is -0.0206. The zero-order chi connectivity index (χ0) is 13.4. The first-order valence-electron chi connectivity index (χ1n) is 7.53.